The molecule has 1 atom stereocenters. The number of carbonyl (C=O) groups is 2. The van der Waals surface area contributed by atoms with E-state index in [0.29, 0.717) is 17.8 Å². The molecule has 4 aromatic rings. The Morgan fingerprint density at radius 3 is 2.74 bits per heavy atom. The third kappa shape index (κ3) is 3.98. The third-order valence-corrected chi connectivity index (χ3v) is 7.42. The summed E-state index contributed by atoms with van der Waals surface area (Å²) in [5, 5.41) is 5.82. The summed E-state index contributed by atoms with van der Waals surface area (Å²) in [5.74, 6) is -0.195. The predicted octanol–water partition coefficient (Wildman–Crippen LogP) is 5.58. The number of fused-ring (bicyclic) bond motifs is 1. The molecule has 156 valence electrons. The Morgan fingerprint density at radius 2 is 1.97 bits per heavy atom. The van der Waals surface area contributed by atoms with Crippen LogP contribution in [0.5, 0.6) is 0 Å². The summed E-state index contributed by atoms with van der Waals surface area (Å²) in [6, 6.07) is 17.2. The van der Waals surface area contributed by atoms with Crippen LogP contribution in [0.1, 0.15) is 28.1 Å². The lowest BCUT2D eigenvalue weighted by molar-refractivity contribution is -0.119. The van der Waals surface area contributed by atoms with Crippen molar-refractivity contribution in [3.63, 3.8) is 0 Å². The highest BCUT2D eigenvalue weighted by atomic mass is 32.1. The van der Waals surface area contributed by atoms with Crippen molar-refractivity contribution in [1.29, 1.82) is 0 Å². The van der Waals surface area contributed by atoms with Crippen LogP contribution in [-0.4, -0.2) is 34.3 Å². The molecule has 0 unspecified atom stereocenters. The molecule has 2 amide bonds. The number of carbonyl (C=O) groups excluding carboxylic acids is 2. The maximum Gasteiger partial charge on any atom is 0.264 e. The lowest BCUT2D eigenvalue weighted by atomic mass is 10.1. The zero-order chi connectivity index (χ0) is 21.4. The van der Waals surface area contributed by atoms with Crippen molar-refractivity contribution in [3.8, 4) is 10.6 Å². The Hall–Kier alpha value is -3.03. The minimum atomic E-state index is -0.429. The van der Waals surface area contributed by atoms with Crippen molar-refractivity contribution in [2.45, 2.75) is 25.8 Å². The van der Waals surface area contributed by atoms with E-state index in [1.54, 1.807) is 16.2 Å². The van der Waals surface area contributed by atoms with Crippen molar-refractivity contribution in [1.82, 2.24) is 9.88 Å². The lowest BCUT2D eigenvalue weighted by Crippen LogP contribution is -2.42. The van der Waals surface area contributed by atoms with Crippen molar-refractivity contribution in [2.24, 2.45) is 0 Å². The van der Waals surface area contributed by atoms with Gasteiger partial charge < -0.3 is 10.2 Å². The van der Waals surface area contributed by atoms with Crippen LogP contribution >= 0.6 is 22.7 Å². The number of thiophene rings is 1. The van der Waals surface area contributed by atoms with Crippen LogP contribution < -0.4 is 5.32 Å². The number of anilines is 1. The van der Waals surface area contributed by atoms with Crippen molar-refractivity contribution in [3.05, 3.63) is 70.4 Å². The largest absolute Gasteiger partial charge is 0.326 e. The standard InChI is InChI=1S/C24H21N3O2S2/c1-15-6-11-18-21(14-15)31-23(26-18)16-7-9-17(10-8-16)25-22(28)19-4-2-12-27(19)24(29)20-5-3-13-30-20/h3,5-11,13-14,19H,2,4,12H2,1H3,(H,25,28)/t19-/m0/s1. The number of amides is 2. The predicted molar refractivity (Wildman–Crippen MR) is 127 cm³/mol. The molecule has 1 N–H and O–H groups in total. The van der Waals surface area contributed by atoms with Crippen molar-refractivity contribution >= 4 is 50.4 Å². The van der Waals surface area contributed by atoms with Gasteiger partial charge in [0.2, 0.25) is 5.91 Å². The van der Waals surface area contributed by atoms with E-state index in [1.807, 2.05) is 47.8 Å². The van der Waals surface area contributed by atoms with Gasteiger partial charge in [-0.1, -0.05) is 12.1 Å². The molecule has 7 heteroatoms. The van der Waals surface area contributed by atoms with E-state index < -0.39 is 6.04 Å². The number of aromatic nitrogens is 1. The Balaban J connectivity index is 1.29. The topological polar surface area (TPSA) is 62.3 Å². The van der Waals surface area contributed by atoms with E-state index in [4.69, 9.17) is 4.98 Å². The second kappa shape index (κ2) is 8.24. The molecule has 1 aliphatic heterocycles. The van der Waals surface area contributed by atoms with Crippen LogP contribution in [0.2, 0.25) is 0 Å². The number of nitrogens with zero attached hydrogens (tertiary/aromatic N) is 2. The highest BCUT2D eigenvalue weighted by Crippen LogP contribution is 2.31. The number of rotatable bonds is 4. The van der Waals surface area contributed by atoms with E-state index >= 15 is 0 Å². The molecule has 0 spiro atoms. The highest BCUT2D eigenvalue weighted by molar-refractivity contribution is 7.21. The quantitative estimate of drug-likeness (QED) is 0.444. The fraction of sp³-hybridized carbons (Fsp3) is 0.208. The minimum Gasteiger partial charge on any atom is -0.326 e. The van der Waals surface area contributed by atoms with Gasteiger partial charge in [0.05, 0.1) is 15.1 Å². The maximum absolute atomic E-state index is 12.9. The van der Waals surface area contributed by atoms with Crippen LogP contribution in [-0.2, 0) is 4.79 Å². The Labute approximate surface area is 188 Å². The normalized spacial score (nSPS) is 16.0. The van der Waals surface area contributed by atoms with Gasteiger partial charge in [-0.2, -0.15) is 0 Å². The molecule has 3 heterocycles. The fourth-order valence-corrected chi connectivity index (χ4v) is 5.65. The third-order valence-electron chi connectivity index (χ3n) is 5.49. The molecule has 2 aromatic carbocycles. The SMILES string of the molecule is Cc1ccc2nc(-c3ccc(NC(=O)[C@@H]4CCCN4C(=O)c4cccs4)cc3)sc2c1. The van der Waals surface area contributed by atoms with E-state index in [2.05, 4.69) is 24.4 Å². The summed E-state index contributed by atoms with van der Waals surface area (Å²) in [6.07, 6.45) is 1.53. The number of hydrogen-bond acceptors (Lipinski definition) is 5. The minimum absolute atomic E-state index is 0.0610. The molecule has 0 radical (unpaired) electrons. The monoisotopic (exact) mass is 447 g/mol. The molecule has 2 aromatic heterocycles. The summed E-state index contributed by atoms with van der Waals surface area (Å²) in [7, 11) is 0. The Morgan fingerprint density at radius 1 is 1.13 bits per heavy atom. The van der Waals surface area contributed by atoms with E-state index in [0.717, 1.165) is 28.2 Å². The number of hydrogen-bond donors (Lipinski definition) is 1. The number of thiazole rings is 1. The summed E-state index contributed by atoms with van der Waals surface area (Å²) in [5.41, 5.74) is 3.97. The summed E-state index contributed by atoms with van der Waals surface area (Å²) >= 11 is 3.07. The van der Waals surface area contributed by atoms with Gasteiger partial charge in [-0.3, -0.25) is 9.59 Å². The van der Waals surface area contributed by atoms with Crippen LogP contribution in [0.25, 0.3) is 20.8 Å². The Kier molecular flexibility index (Phi) is 5.29. The fourth-order valence-electron chi connectivity index (χ4n) is 3.90. The second-order valence-electron chi connectivity index (χ2n) is 7.69. The molecule has 0 aliphatic carbocycles. The summed E-state index contributed by atoms with van der Waals surface area (Å²) in [4.78, 5) is 32.7. The van der Waals surface area contributed by atoms with Gasteiger partial charge in [0, 0.05) is 17.8 Å². The highest BCUT2D eigenvalue weighted by Gasteiger charge is 2.34. The first-order chi connectivity index (χ1) is 15.1. The molecular formula is C24H21N3O2S2. The maximum atomic E-state index is 12.9. The van der Waals surface area contributed by atoms with Gasteiger partial charge in [0.1, 0.15) is 11.0 Å². The molecule has 0 saturated carbocycles. The molecule has 1 aliphatic rings. The van der Waals surface area contributed by atoms with Gasteiger partial charge in [0.25, 0.3) is 5.91 Å². The molecule has 0 bridgehead atoms. The van der Waals surface area contributed by atoms with Gasteiger partial charge in [-0.25, -0.2) is 4.98 Å². The number of nitrogens with one attached hydrogen (secondary N) is 1. The zero-order valence-electron chi connectivity index (χ0n) is 17.0. The van der Waals surface area contributed by atoms with E-state index in [9.17, 15) is 9.59 Å². The van der Waals surface area contributed by atoms with Crippen LogP contribution in [0.3, 0.4) is 0 Å². The molecule has 1 fully saturated rings. The van der Waals surface area contributed by atoms with E-state index in [1.165, 1.54) is 21.6 Å². The average Bonchev–Trinajstić information content (AvgIpc) is 3.53. The summed E-state index contributed by atoms with van der Waals surface area (Å²) in [6.45, 7) is 2.70. The van der Waals surface area contributed by atoms with Gasteiger partial charge in [0.15, 0.2) is 0 Å². The second-order valence-corrected chi connectivity index (χ2v) is 9.67. The Bertz CT molecular complexity index is 1250. The van der Waals surface area contributed by atoms with Crippen molar-refractivity contribution in [2.75, 3.05) is 11.9 Å². The first kappa shape index (κ1) is 19.9. The number of aryl methyl sites for hydroxylation is 1. The summed E-state index contributed by atoms with van der Waals surface area (Å²) < 4.78 is 1.17. The van der Waals surface area contributed by atoms with Gasteiger partial charge in [-0.15, -0.1) is 22.7 Å². The van der Waals surface area contributed by atoms with Crippen LogP contribution in [0, 0.1) is 6.92 Å². The molecule has 5 rings (SSSR count). The lowest BCUT2D eigenvalue weighted by Gasteiger charge is -2.23. The van der Waals surface area contributed by atoms with E-state index in [-0.39, 0.29) is 11.8 Å². The van der Waals surface area contributed by atoms with Crippen molar-refractivity contribution < 1.29 is 9.59 Å². The zero-order valence-corrected chi connectivity index (χ0v) is 18.6. The smallest absolute Gasteiger partial charge is 0.264 e. The molecule has 31 heavy (non-hydrogen) atoms. The van der Waals surface area contributed by atoms with Gasteiger partial charge in [-0.05, 0) is 73.2 Å². The van der Waals surface area contributed by atoms with Crippen LogP contribution in [0.15, 0.2) is 60.0 Å². The van der Waals surface area contributed by atoms with Gasteiger partial charge >= 0.3 is 0 Å². The first-order valence-electron chi connectivity index (χ1n) is 10.2. The average molecular weight is 448 g/mol. The van der Waals surface area contributed by atoms with Crippen LogP contribution in [0.4, 0.5) is 5.69 Å². The number of benzene rings is 2. The molecule has 1 saturated heterocycles. The first-order valence-corrected chi connectivity index (χ1v) is 11.9. The molecular weight excluding hydrogens is 426 g/mol. The molecule has 5 nitrogen and oxygen atoms in total. The number of likely N-dealkylation sites (tertiary alicyclic amines) is 1.